The van der Waals surface area contributed by atoms with E-state index in [-0.39, 0.29) is 12.0 Å². The summed E-state index contributed by atoms with van der Waals surface area (Å²) in [6, 6.07) is 8.38. The third-order valence-corrected chi connectivity index (χ3v) is 3.85. The third-order valence-electron chi connectivity index (χ3n) is 3.23. The number of rotatable bonds is 6. The van der Waals surface area contributed by atoms with Gasteiger partial charge in [0.15, 0.2) is 0 Å². The maximum absolute atomic E-state index is 11.8. The number of carbonyl (C=O) groups excluding carboxylic acids is 1. The normalized spacial score (nSPS) is 18.5. The van der Waals surface area contributed by atoms with Crippen LogP contribution in [0.15, 0.2) is 24.3 Å². The second-order valence-electron chi connectivity index (χ2n) is 4.87. The Balaban J connectivity index is 1.77. The van der Waals surface area contributed by atoms with Gasteiger partial charge in [-0.1, -0.05) is 24.3 Å². The second-order valence-corrected chi connectivity index (χ2v) is 5.73. The molecule has 0 bridgehead atoms. The van der Waals surface area contributed by atoms with Crippen molar-refractivity contribution in [1.29, 1.82) is 0 Å². The molecule has 1 heterocycles. The highest BCUT2D eigenvalue weighted by atomic mass is 32.2. The minimum atomic E-state index is 0.0853. The Bertz CT molecular complexity index is 416. The number of amides is 1. The van der Waals surface area contributed by atoms with Crippen LogP contribution >= 0.6 is 11.8 Å². The first kappa shape index (κ1) is 14.4. The number of ether oxygens (including phenoxy) is 1. The molecule has 0 aliphatic carbocycles. The molecule has 0 aromatic heterocycles. The molecule has 1 saturated heterocycles. The molecule has 0 unspecified atom stereocenters. The maximum atomic E-state index is 11.8. The molecule has 0 saturated carbocycles. The Morgan fingerprint density at radius 2 is 2.32 bits per heavy atom. The lowest BCUT2D eigenvalue weighted by atomic mass is 10.1. The smallest absolute Gasteiger partial charge is 0.222 e. The summed E-state index contributed by atoms with van der Waals surface area (Å²) >= 11 is 1.81. The first-order valence-electron chi connectivity index (χ1n) is 6.73. The summed E-state index contributed by atoms with van der Waals surface area (Å²) in [7, 11) is 0. The fourth-order valence-electron chi connectivity index (χ4n) is 2.28. The van der Waals surface area contributed by atoms with Crippen LogP contribution in [-0.2, 0) is 21.8 Å². The van der Waals surface area contributed by atoms with Gasteiger partial charge in [0.2, 0.25) is 5.91 Å². The average molecular weight is 279 g/mol. The summed E-state index contributed by atoms with van der Waals surface area (Å²) in [6.07, 6.45) is 4.80. The van der Waals surface area contributed by atoms with E-state index in [1.165, 1.54) is 5.56 Å². The van der Waals surface area contributed by atoms with Crippen LogP contribution in [0.4, 0.5) is 0 Å². The van der Waals surface area contributed by atoms with E-state index in [4.69, 9.17) is 4.74 Å². The molecule has 4 heteroatoms. The summed E-state index contributed by atoms with van der Waals surface area (Å²) in [6.45, 7) is 1.41. The van der Waals surface area contributed by atoms with Gasteiger partial charge >= 0.3 is 0 Å². The first-order chi connectivity index (χ1) is 9.28. The zero-order chi connectivity index (χ0) is 13.5. The first-order valence-corrected chi connectivity index (χ1v) is 8.12. The van der Waals surface area contributed by atoms with Crippen molar-refractivity contribution in [1.82, 2.24) is 5.32 Å². The monoisotopic (exact) mass is 279 g/mol. The van der Waals surface area contributed by atoms with Gasteiger partial charge in [-0.3, -0.25) is 4.79 Å². The molecule has 1 aliphatic heterocycles. The standard InChI is InChI=1S/C15H21NO2S/c1-19-11-13-5-2-4-12(8-13)10-16-15(17)9-14-6-3-7-18-14/h2,4-5,8,14H,3,6-7,9-11H2,1H3,(H,16,17)/t14-/m1/s1. The Morgan fingerprint density at radius 3 is 3.05 bits per heavy atom. The van der Waals surface area contributed by atoms with Crippen molar-refractivity contribution in [3.8, 4) is 0 Å². The Labute approximate surface area is 119 Å². The van der Waals surface area contributed by atoms with Gasteiger partial charge in [-0.05, 0) is 30.2 Å². The summed E-state index contributed by atoms with van der Waals surface area (Å²) in [5, 5.41) is 2.97. The molecule has 2 rings (SSSR count). The van der Waals surface area contributed by atoms with E-state index in [0.29, 0.717) is 13.0 Å². The lowest BCUT2D eigenvalue weighted by Crippen LogP contribution is -2.26. The second kappa shape index (κ2) is 7.56. The van der Waals surface area contributed by atoms with E-state index in [9.17, 15) is 4.79 Å². The van der Waals surface area contributed by atoms with Gasteiger partial charge in [-0.15, -0.1) is 0 Å². The molecule has 1 amide bonds. The summed E-state index contributed by atoms with van der Waals surface area (Å²) in [5.41, 5.74) is 2.46. The predicted octanol–water partition coefficient (Wildman–Crippen LogP) is 2.73. The van der Waals surface area contributed by atoms with Gasteiger partial charge in [-0.2, -0.15) is 11.8 Å². The molecule has 1 aliphatic rings. The van der Waals surface area contributed by atoms with Crippen molar-refractivity contribution in [3.63, 3.8) is 0 Å². The molecule has 1 fully saturated rings. The average Bonchev–Trinajstić information content (AvgIpc) is 2.90. The van der Waals surface area contributed by atoms with Gasteiger partial charge in [0.25, 0.3) is 0 Å². The Hall–Kier alpha value is -1.00. The highest BCUT2D eigenvalue weighted by molar-refractivity contribution is 7.97. The predicted molar refractivity (Wildman–Crippen MR) is 79.1 cm³/mol. The number of benzene rings is 1. The molecule has 3 nitrogen and oxygen atoms in total. The van der Waals surface area contributed by atoms with Gasteiger partial charge in [0, 0.05) is 18.9 Å². The Morgan fingerprint density at radius 1 is 1.47 bits per heavy atom. The molecule has 19 heavy (non-hydrogen) atoms. The minimum absolute atomic E-state index is 0.0853. The third kappa shape index (κ3) is 4.88. The van der Waals surface area contributed by atoms with Gasteiger partial charge in [0.05, 0.1) is 12.5 Å². The summed E-state index contributed by atoms with van der Waals surface area (Å²) in [5.74, 6) is 1.10. The highest BCUT2D eigenvalue weighted by Gasteiger charge is 2.18. The van der Waals surface area contributed by atoms with Gasteiger partial charge in [0.1, 0.15) is 0 Å². The van der Waals surface area contributed by atoms with Crippen LogP contribution in [-0.4, -0.2) is 24.9 Å². The lowest BCUT2D eigenvalue weighted by molar-refractivity contribution is -0.123. The molecule has 0 spiro atoms. The van der Waals surface area contributed by atoms with Crippen LogP contribution in [0.5, 0.6) is 0 Å². The fourth-order valence-corrected chi connectivity index (χ4v) is 2.79. The van der Waals surface area contributed by atoms with E-state index >= 15 is 0 Å². The van der Waals surface area contributed by atoms with Gasteiger partial charge < -0.3 is 10.1 Å². The molecule has 1 aromatic carbocycles. The largest absolute Gasteiger partial charge is 0.378 e. The van der Waals surface area contributed by atoms with E-state index < -0.39 is 0 Å². The van der Waals surface area contributed by atoms with Crippen LogP contribution in [0, 0.1) is 0 Å². The molecular formula is C15H21NO2S. The summed E-state index contributed by atoms with van der Waals surface area (Å²) < 4.78 is 5.46. The van der Waals surface area contributed by atoms with Crippen LogP contribution in [0.2, 0.25) is 0 Å². The van der Waals surface area contributed by atoms with Crippen LogP contribution in [0.3, 0.4) is 0 Å². The van der Waals surface area contributed by atoms with Crippen LogP contribution in [0.25, 0.3) is 0 Å². The van der Waals surface area contributed by atoms with Crippen molar-refractivity contribution in [3.05, 3.63) is 35.4 Å². The SMILES string of the molecule is CSCc1cccc(CNC(=O)C[C@H]2CCCO2)c1. The van der Waals surface area contributed by atoms with Crippen molar-refractivity contribution in [2.75, 3.05) is 12.9 Å². The fraction of sp³-hybridized carbons (Fsp3) is 0.533. The quantitative estimate of drug-likeness (QED) is 0.870. The molecule has 0 radical (unpaired) electrons. The number of hydrogen-bond acceptors (Lipinski definition) is 3. The maximum Gasteiger partial charge on any atom is 0.222 e. The van der Waals surface area contributed by atoms with Crippen LogP contribution in [0.1, 0.15) is 30.4 Å². The van der Waals surface area contributed by atoms with E-state index in [1.54, 1.807) is 11.8 Å². The highest BCUT2D eigenvalue weighted by Crippen LogP contribution is 2.15. The molecule has 1 atom stereocenters. The molecule has 1 N–H and O–H groups in total. The molecule has 1 aromatic rings. The van der Waals surface area contributed by atoms with E-state index in [0.717, 1.165) is 30.8 Å². The van der Waals surface area contributed by atoms with Crippen LogP contribution < -0.4 is 5.32 Å². The number of thioether (sulfide) groups is 1. The van der Waals surface area contributed by atoms with E-state index in [2.05, 4.69) is 29.8 Å². The number of hydrogen-bond donors (Lipinski definition) is 1. The topological polar surface area (TPSA) is 38.3 Å². The molecular weight excluding hydrogens is 258 g/mol. The summed E-state index contributed by atoms with van der Waals surface area (Å²) in [4.78, 5) is 11.8. The lowest BCUT2D eigenvalue weighted by Gasteiger charge is -2.10. The molecule has 104 valence electrons. The van der Waals surface area contributed by atoms with Crippen molar-refractivity contribution in [2.24, 2.45) is 0 Å². The number of nitrogens with one attached hydrogen (secondary N) is 1. The Kier molecular flexibility index (Phi) is 5.73. The number of carbonyl (C=O) groups is 1. The van der Waals surface area contributed by atoms with Gasteiger partial charge in [-0.25, -0.2) is 0 Å². The van der Waals surface area contributed by atoms with Crippen molar-refractivity contribution >= 4 is 17.7 Å². The zero-order valence-electron chi connectivity index (χ0n) is 11.4. The van der Waals surface area contributed by atoms with E-state index in [1.807, 2.05) is 6.07 Å². The van der Waals surface area contributed by atoms with Crippen molar-refractivity contribution < 1.29 is 9.53 Å². The minimum Gasteiger partial charge on any atom is -0.378 e. The zero-order valence-corrected chi connectivity index (χ0v) is 12.2. The van der Waals surface area contributed by atoms with Crippen molar-refractivity contribution in [2.45, 2.75) is 37.7 Å².